The molecular weight excluding hydrogens is 448 g/mol. The van der Waals surface area contributed by atoms with Crippen molar-refractivity contribution in [3.63, 3.8) is 0 Å². The van der Waals surface area contributed by atoms with E-state index in [9.17, 15) is 18.4 Å². The maximum Gasteiger partial charge on any atom is 0.324 e. The molecule has 1 atom stereocenters. The SMILES string of the molecule is CC[C@@H](C(=O)Nc1cc(C)ccc1N1CCCN(Cc2ccc(F)c(F)c2)C1=O)c1ccccc1. The normalized spacial score (nSPS) is 14.7. The molecule has 1 heterocycles. The van der Waals surface area contributed by atoms with Crippen molar-refractivity contribution in [1.82, 2.24) is 4.90 Å². The number of amides is 3. The molecule has 1 aliphatic rings. The van der Waals surface area contributed by atoms with Gasteiger partial charge in [-0.05, 0) is 60.7 Å². The van der Waals surface area contributed by atoms with Gasteiger partial charge in [0.05, 0.1) is 17.3 Å². The lowest BCUT2D eigenvalue weighted by Gasteiger charge is -2.36. The van der Waals surface area contributed by atoms with Gasteiger partial charge in [0.2, 0.25) is 5.91 Å². The van der Waals surface area contributed by atoms with E-state index in [1.165, 1.54) is 6.07 Å². The zero-order valence-electron chi connectivity index (χ0n) is 19.9. The Morgan fingerprint density at radius 1 is 1.00 bits per heavy atom. The Kier molecular flexibility index (Phi) is 7.44. The van der Waals surface area contributed by atoms with Gasteiger partial charge < -0.3 is 10.2 Å². The molecule has 3 amide bonds. The maximum absolute atomic E-state index is 13.7. The highest BCUT2D eigenvalue weighted by Crippen LogP contribution is 2.32. The van der Waals surface area contributed by atoms with E-state index in [0.29, 0.717) is 42.9 Å². The Morgan fingerprint density at radius 2 is 1.77 bits per heavy atom. The molecule has 0 aliphatic carbocycles. The minimum absolute atomic E-state index is 0.131. The number of halogens is 2. The molecule has 3 aromatic rings. The van der Waals surface area contributed by atoms with E-state index in [0.717, 1.165) is 23.3 Å². The molecule has 0 spiro atoms. The third-order valence-corrected chi connectivity index (χ3v) is 6.30. The number of aryl methyl sites for hydroxylation is 1. The second-order valence-electron chi connectivity index (χ2n) is 8.84. The fourth-order valence-corrected chi connectivity index (χ4v) is 4.47. The molecular formula is C28H29F2N3O2. The highest BCUT2D eigenvalue weighted by Gasteiger charge is 2.29. The summed E-state index contributed by atoms with van der Waals surface area (Å²) in [6.45, 7) is 5.08. The number of urea groups is 1. The molecule has 1 aliphatic heterocycles. The fraction of sp³-hybridized carbons (Fsp3) is 0.286. The van der Waals surface area contributed by atoms with Crippen molar-refractivity contribution < 1.29 is 18.4 Å². The van der Waals surface area contributed by atoms with Crippen molar-refractivity contribution in [2.75, 3.05) is 23.3 Å². The molecule has 35 heavy (non-hydrogen) atoms. The number of carbonyl (C=O) groups is 2. The highest BCUT2D eigenvalue weighted by atomic mass is 19.2. The van der Waals surface area contributed by atoms with Crippen LogP contribution in [0.15, 0.2) is 66.7 Å². The van der Waals surface area contributed by atoms with Crippen LogP contribution in [0.2, 0.25) is 0 Å². The fourth-order valence-electron chi connectivity index (χ4n) is 4.47. The van der Waals surface area contributed by atoms with Crippen LogP contribution in [0.25, 0.3) is 0 Å². The Hall–Kier alpha value is -3.74. The van der Waals surface area contributed by atoms with Crippen LogP contribution in [0.4, 0.5) is 25.0 Å². The first-order chi connectivity index (χ1) is 16.9. The van der Waals surface area contributed by atoms with Crippen LogP contribution in [0.3, 0.4) is 0 Å². The Balaban J connectivity index is 1.57. The number of nitrogens with zero attached hydrogens (tertiary/aromatic N) is 2. The molecule has 0 unspecified atom stereocenters. The first-order valence-corrected chi connectivity index (χ1v) is 11.8. The predicted octanol–water partition coefficient (Wildman–Crippen LogP) is 6.24. The van der Waals surface area contributed by atoms with Gasteiger partial charge in [0.15, 0.2) is 11.6 Å². The number of rotatable bonds is 7. The zero-order chi connectivity index (χ0) is 24.9. The van der Waals surface area contributed by atoms with Crippen molar-refractivity contribution >= 4 is 23.3 Å². The topological polar surface area (TPSA) is 52.7 Å². The molecule has 4 rings (SSSR count). The van der Waals surface area contributed by atoms with Crippen molar-refractivity contribution in [3.05, 3.63) is 95.1 Å². The van der Waals surface area contributed by atoms with Crippen LogP contribution >= 0.6 is 0 Å². The summed E-state index contributed by atoms with van der Waals surface area (Å²) in [7, 11) is 0. The lowest BCUT2D eigenvalue weighted by atomic mass is 9.95. The summed E-state index contributed by atoms with van der Waals surface area (Å²) in [6.07, 6.45) is 1.35. The molecule has 182 valence electrons. The van der Waals surface area contributed by atoms with Gasteiger partial charge in [-0.25, -0.2) is 13.6 Å². The summed E-state index contributed by atoms with van der Waals surface area (Å²) in [6, 6.07) is 18.7. The molecule has 0 bridgehead atoms. The van der Waals surface area contributed by atoms with Gasteiger partial charge in [-0.2, -0.15) is 0 Å². The molecule has 7 heteroatoms. The minimum Gasteiger partial charge on any atom is -0.324 e. The molecule has 5 nitrogen and oxygen atoms in total. The van der Waals surface area contributed by atoms with Crippen LogP contribution in [0, 0.1) is 18.6 Å². The number of hydrogen-bond acceptors (Lipinski definition) is 2. The van der Waals surface area contributed by atoms with E-state index in [2.05, 4.69) is 5.32 Å². The summed E-state index contributed by atoms with van der Waals surface area (Å²) in [5, 5.41) is 3.05. The van der Waals surface area contributed by atoms with Gasteiger partial charge in [0.25, 0.3) is 0 Å². The van der Waals surface area contributed by atoms with Gasteiger partial charge >= 0.3 is 6.03 Å². The van der Waals surface area contributed by atoms with Gasteiger partial charge in [-0.3, -0.25) is 9.69 Å². The van der Waals surface area contributed by atoms with E-state index in [1.54, 1.807) is 9.80 Å². The average molecular weight is 478 g/mol. The molecule has 1 fully saturated rings. The van der Waals surface area contributed by atoms with Crippen molar-refractivity contribution in [1.29, 1.82) is 0 Å². The van der Waals surface area contributed by atoms with E-state index in [-0.39, 0.29) is 24.4 Å². The van der Waals surface area contributed by atoms with Crippen LogP contribution in [0.5, 0.6) is 0 Å². The predicted molar refractivity (Wildman–Crippen MR) is 133 cm³/mol. The lowest BCUT2D eigenvalue weighted by Crippen LogP contribution is -2.49. The molecule has 0 aromatic heterocycles. The number of nitrogens with one attached hydrogen (secondary N) is 1. The lowest BCUT2D eigenvalue weighted by molar-refractivity contribution is -0.117. The van der Waals surface area contributed by atoms with Gasteiger partial charge in [-0.1, -0.05) is 49.4 Å². The van der Waals surface area contributed by atoms with E-state index >= 15 is 0 Å². The smallest absolute Gasteiger partial charge is 0.324 e. The van der Waals surface area contributed by atoms with Gasteiger partial charge in [0.1, 0.15) is 0 Å². The van der Waals surface area contributed by atoms with Crippen molar-refractivity contribution in [2.45, 2.75) is 39.2 Å². The van der Waals surface area contributed by atoms with Gasteiger partial charge in [0, 0.05) is 19.6 Å². The molecule has 3 aromatic carbocycles. The highest BCUT2D eigenvalue weighted by molar-refractivity contribution is 6.02. The van der Waals surface area contributed by atoms with Crippen LogP contribution in [-0.4, -0.2) is 29.9 Å². The van der Waals surface area contributed by atoms with E-state index in [1.807, 2.05) is 62.4 Å². The molecule has 1 saturated heterocycles. The summed E-state index contributed by atoms with van der Waals surface area (Å²) in [5.41, 5.74) is 3.61. The Morgan fingerprint density at radius 3 is 2.49 bits per heavy atom. The number of benzene rings is 3. The zero-order valence-corrected chi connectivity index (χ0v) is 19.9. The number of hydrogen-bond donors (Lipinski definition) is 1. The largest absolute Gasteiger partial charge is 0.324 e. The average Bonchev–Trinajstić information content (AvgIpc) is 2.84. The summed E-state index contributed by atoms with van der Waals surface area (Å²) in [5.74, 6) is -2.29. The summed E-state index contributed by atoms with van der Waals surface area (Å²) < 4.78 is 27.0. The van der Waals surface area contributed by atoms with Crippen molar-refractivity contribution in [2.24, 2.45) is 0 Å². The molecule has 1 N–H and O–H groups in total. The maximum atomic E-state index is 13.7. The minimum atomic E-state index is -0.934. The number of carbonyl (C=O) groups excluding carboxylic acids is 2. The quantitative estimate of drug-likeness (QED) is 0.438. The summed E-state index contributed by atoms with van der Waals surface area (Å²) >= 11 is 0. The van der Waals surface area contributed by atoms with E-state index < -0.39 is 11.6 Å². The monoisotopic (exact) mass is 477 g/mol. The van der Waals surface area contributed by atoms with Crippen molar-refractivity contribution in [3.8, 4) is 0 Å². The second kappa shape index (κ2) is 10.7. The molecule has 0 radical (unpaired) electrons. The van der Waals surface area contributed by atoms with Crippen LogP contribution < -0.4 is 10.2 Å². The van der Waals surface area contributed by atoms with Gasteiger partial charge in [-0.15, -0.1) is 0 Å². The molecule has 0 saturated carbocycles. The third kappa shape index (κ3) is 5.50. The van der Waals surface area contributed by atoms with Crippen LogP contribution in [-0.2, 0) is 11.3 Å². The standard InChI is InChI=1S/C28H29F2N3O2/c1-3-22(21-8-5-4-6-9-21)27(34)31-25-16-19(2)10-13-26(25)33-15-7-14-32(28(33)35)18-20-11-12-23(29)24(30)17-20/h4-6,8-13,16-17,22H,3,7,14-15,18H2,1-2H3,(H,31,34)/t22-/m1/s1. The van der Waals surface area contributed by atoms with E-state index in [4.69, 9.17) is 0 Å². The Labute approximate surface area is 204 Å². The summed E-state index contributed by atoms with van der Waals surface area (Å²) in [4.78, 5) is 29.9. The Bertz CT molecular complexity index is 1220. The first-order valence-electron chi connectivity index (χ1n) is 11.8. The second-order valence-corrected chi connectivity index (χ2v) is 8.84. The van der Waals surface area contributed by atoms with Crippen LogP contribution in [0.1, 0.15) is 42.4 Å². The number of anilines is 2. The first kappa shape index (κ1) is 24.4. The third-order valence-electron chi connectivity index (χ3n) is 6.30.